The fourth-order valence-corrected chi connectivity index (χ4v) is 0.816. The molecule has 0 spiro atoms. The summed E-state index contributed by atoms with van der Waals surface area (Å²) in [6, 6.07) is 0. The second-order valence-electron chi connectivity index (χ2n) is 2.63. The molecule has 1 aromatic heterocycles. The van der Waals surface area contributed by atoms with Crippen LogP contribution in [0.1, 0.15) is 6.92 Å². The number of amides is 1. The average Bonchev–Trinajstić information content (AvgIpc) is 2.15. The molecule has 5 nitrogen and oxygen atoms in total. The molecule has 1 amide bonds. The molecule has 2 N–H and O–H groups in total. The summed E-state index contributed by atoms with van der Waals surface area (Å²) in [5.41, 5.74) is 0. The van der Waals surface area contributed by atoms with E-state index in [9.17, 15) is 9.18 Å². The van der Waals surface area contributed by atoms with Crippen molar-refractivity contribution in [3.05, 3.63) is 18.2 Å². The molecular formula is C8H11FN4O. The first kappa shape index (κ1) is 10.4. The molecule has 0 aliphatic heterocycles. The Morgan fingerprint density at radius 1 is 1.43 bits per heavy atom. The molecule has 6 heteroatoms. The summed E-state index contributed by atoms with van der Waals surface area (Å²) in [6.07, 6.45) is 2.15. The van der Waals surface area contributed by atoms with E-state index in [0.717, 1.165) is 12.4 Å². The Bertz CT molecular complexity index is 301. The Kier molecular flexibility index (Phi) is 3.78. The average molecular weight is 198 g/mol. The molecule has 0 saturated carbocycles. The monoisotopic (exact) mass is 198 g/mol. The maximum Gasteiger partial charge on any atom is 0.222 e. The number of carbonyl (C=O) groups is 1. The van der Waals surface area contributed by atoms with Gasteiger partial charge < -0.3 is 10.6 Å². The molecular weight excluding hydrogens is 187 g/mol. The van der Waals surface area contributed by atoms with Gasteiger partial charge >= 0.3 is 0 Å². The van der Waals surface area contributed by atoms with Crippen molar-refractivity contribution >= 4 is 11.9 Å². The third-order valence-corrected chi connectivity index (χ3v) is 1.40. The van der Waals surface area contributed by atoms with Crippen molar-refractivity contribution < 1.29 is 9.18 Å². The van der Waals surface area contributed by atoms with Crippen LogP contribution in [0.2, 0.25) is 0 Å². The zero-order chi connectivity index (χ0) is 10.4. The minimum atomic E-state index is -0.475. The Morgan fingerprint density at radius 2 is 2.07 bits per heavy atom. The number of aromatic nitrogens is 2. The summed E-state index contributed by atoms with van der Waals surface area (Å²) >= 11 is 0. The third kappa shape index (κ3) is 3.79. The van der Waals surface area contributed by atoms with Gasteiger partial charge in [-0.3, -0.25) is 4.79 Å². The third-order valence-electron chi connectivity index (χ3n) is 1.40. The van der Waals surface area contributed by atoms with Gasteiger partial charge in [0.25, 0.3) is 0 Å². The second-order valence-corrected chi connectivity index (χ2v) is 2.63. The van der Waals surface area contributed by atoms with Crippen LogP contribution in [0.4, 0.5) is 10.3 Å². The van der Waals surface area contributed by atoms with E-state index in [1.807, 2.05) is 0 Å². The first-order valence-corrected chi connectivity index (χ1v) is 4.14. The summed E-state index contributed by atoms with van der Waals surface area (Å²) in [7, 11) is 0. The summed E-state index contributed by atoms with van der Waals surface area (Å²) in [5, 5.41) is 5.42. The molecule has 14 heavy (non-hydrogen) atoms. The topological polar surface area (TPSA) is 66.9 Å². The highest BCUT2D eigenvalue weighted by atomic mass is 19.1. The summed E-state index contributed by atoms with van der Waals surface area (Å²) < 4.78 is 12.4. The number of hydrogen-bond donors (Lipinski definition) is 2. The molecule has 0 aromatic carbocycles. The largest absolute Gasteiger partial charge is 0.355 e. The normalized spacial score (nSPS) is 9.57. The lowest BCUT2D eigenvalue weighted by molar-refractivity contribution is -0.118. The van der Waals surface area contributed by atoms with Crippen LogP contribution < -0.4 is 10.6 Å². The zero-order valence-electron chi connectivity index (χ0n) is 7.75. The van der Waals surface area contributed by atoms with Crippen LogP contribution in [0.25, 0.3) is 0 Å². The molecule has 0 fully saturated rings. The van der Waals surface area contributed by atoms with Crippen LogP contribution in [0.3, 0.4) is 0 Å². The summed E-state index contributed by atoms with van der Waals surface area (Å²) in [4.78, 5) is 17.9. The van der Waals surface area contributed by atoms with Crippen molar-refractivity contribution in [2.24, 2.45) is 0 Å². The highest BCUT2D eigenvalue weighted by Crippen LogP contribution is 1.96. The highest BCUT2D eigenvalue weighted by molar-refractivity contribution is 5.72. The molecule has 1 heterocycles. The van der Waals surface area contributed by atoms with Gasteiger partial charge in [0.15, 0.2) is 5.82 Å². The molecule has 0 aliphatic rings. The van der Waals surface area contributed by atoms with Gasteiger partial charge in [-0.25, -0.2) is 14.4 Å². The van der Waals surface area contributed by atoms with Crippen LogP contribution >= 0.6 is 0 Å². The van der Waals surface area contributed by atoms with Crippen LogP contribution in [0.5, 0.6) is 0 Å². The van der Waals surface area contributed by atoms with Gasteiger partial charge in [-0.2, -0.15) is 0 Å². The molecule has 0 bridgehead atoms. The van der Waals surface area contributed by atoms with E-state index in [1.165, 1.54) is 6.92 Å². The van der Waals surface area contributed by atoms with E-state index in [2.05, 4.69) is 20.6 Å². The number of rotatable bonds is 4. The van der Waals surface area contributed by atoms with Crippen molar-refractivity contribution in [1.29, 1.82) is 0 Å². The number of hydrogen-bond acceptors (Lipinski definition) is 4. The SMILES string of the molecule is CC(=O)NCCNc1ncc(F)cn1. The lowest BCUT2D eigenvalue weighted by Gasteiger charge is -2.04. The summed E-state index contributed by atoms with van der Waals surface area (Å²) in [5.74, 6) is -0.221. The smallest absolute Gasteiger partial charge is 0.222 e. The van der Waals surface area contributed by atoms with Gasteiger partial charge in [0.05, 0.1) is 12.4 Å². The van der Waals surface area contributed by atoms with E-state index in [4.69, 9.17) is 0 Å². The van der Waals surface area contributed by atoms with E-state index < -0.39 is 5.82 Å². The van der Waals surface area contributed by atoms with Crippen LogP contribution in [-0.2, 0) is 4.79 Å². The minimum absolute atomic E-state index is 0.0909. The molecule has 1 rings (SSSR count). The van der Waals surface area contributed by atoms with Crippen molar-refractivity contribution in [3.63, 3.8) is 0 Å². The first-order chi connectivity index (χ1) is 6.68. The fourth-order valence-electron chi connectivity index (χ4n) is 0.816. The van der Waals surface area contributed by atoms with E-state index >= 15 is 0 Å². The number of anilines is 1. The second kappa shape index (κ2) is 5.11. The highest BCUT2D eigenvalue weighted by Gasteiger charge is 1.95. The fraction of sp³-hybridized carbons (Fsp3) is 0.375. The maximum atomic E-state index is 12.4. The van der Waals surface area contributed by atoms with Gasteiger partial charge in [-0.15, -0.1) is 0 Å². The number of nitrogens with one attached hydrogen (secondary N) is 2. The van der Waals surface area contributed by atoms with Gasteiger partial charge in [0.2, 0.25) is 11.9 Å². The minimum Gasteiger partial charge on any atom is -0.355 e. The Balaban J connectivity index is 2.25. The predicted molar refractivity (Wildman–Crippen MR) is 49.2 cm³/mol. The molecule has 0 radical (unpaired) electrons. The van der Waals surface area contributed by atoms with Crippen molar-refractivity contribution in [2.45, 2.75) is 6.92 Å². The van der Waals surface area contributed by atoms with Gasteiger partial charge in [0.1, 0.15) is 0 Å². The quantitative estimate of drug-likeness (QED) is 0.676. The van der Waals surface area contributed by atoms with E-state index in [0.29, 0.717) is 19.0 Å². The molecule has 76 valence electrons. The molecule has 1 aromatic rings. The number of carbonyl (C=O) groups excluding carboxylic acids is 1. The lowest BCUT2D eigenvalue weighted by Crippen LogP contribution is -2.26. The van der Waals surface area contributed by atoms with Crippen LogP contribution in [-0.4, -0.2) is 29.0 Å². The molecule has 0 aliphatic carbocycles. The zero-order valence-corrected chi connectivity index (χ0v) is 7.75. The van der Waals surface area contributed by atoms with Crippen LogP contribution in [0, 0.1) is 5.82 Å². The predicted octanol–water partition coefficient (Wildman–Crippen LogP) is 0.164. The Morgan fingerprint density at radius 3 is 2.64 bits per heavy atom. The van der Waals surface area contributed by atoms with Gasteiger partial charge in [0, 0.05) is 20.0 Å². The standard InChI is InChI=1S/C8H11FN4O/c1-6(14)10-2-3-11-8-12-4-7(9)5-13-8/h4-5H,2-3H2,1H3,(H,10,14)(H,11,12,13). The van der Waals surface area contributed by atoms with Gasteiger partial charge in [-0.1, -0.05) is 0 Å². The lowest BCUT2D eigenvalue weighted by atomic mass is 10.5. The van der Waals surface area contributed by atoms with Crippen molar-refractivity contribution in [3.8, 4) is 0 Å². The molecule has 0 saturated heterocycles. The Labute approximate surface area is 80.8 Å². The van der Waals surface area contributed by atoms with Crippen LogP contribution in [0.15, 0.2) is 12.4 Å². The van der Waals surface area contributed by atoms with Gasteiger partial charge in [-0.05, 0) is 0 Å². The number of nitrogens with zero attached hydrogens (tertiary/aromatic N) is 2. The van der Waals surface area contributed by atoms with Crippen molar-refractivity contribution in [2.75, 3.05) is 18.4 Å². The van der Waals surface area contributed by atoms with E-state index in [1.54, 1.807) is 0 Å². The Hall–Kier alpha value is -1.72. The number of halogens is 1. The van der Waals surface area contributed by atoms with E-state index in [-0.39, 0.29) is 5.91 Å². The summed E-state index contributed by atoms with van der Waals surface area (Å²) in [6.45, 7) is 2.43. The van der Waals surface area contributed by atoms with Crippen molar-refractivity contribution in [1.82, 2.24) is 15.3 Å². The molecule has 0 atom stereocenters. The first-order valence-electron chi connectivity index (χ1n) is 4.14. The molecule has 0 unspecified atom stereocenters. The maximum absolute atomic E-state index is 12.4.